The lowest BCUT2D eigenvalue weighted by Crippen LogP contribution is -2.31. The first kappa shape index (κ1) is 20.9. The zero-order valence-electron chi connectivity index (χ0n) is 18.1. The average Bonchev–Trinajstić information content (AvgIpc) is 3.18. The summed E-state index contributed by atoms with van der Waals surface area (Å²) in [5.74, 6) is 0.632. The predicted octanol–water partition coefficient (Wildman–Crippen LogP) is 6.57. The maximum Gasteiger partial charge on any atom is 0.127 e. The first-order valence-electron chi connectivity index (χ1n) is 11.3. The number of hydrogen-bond donors (Lipinski definition) is 0. The van der Waals surface area contributed by atoms with Crippen molar-refractivity contribution < 1.29 is 4.39 Å². The third-order valence-electron chi connectivity index (χ3n) is 6.38. The molecule has 0 saturated heterocycles. The monoisotopic (exact) mass is 404 g/mol. The number of rotatable bonds is 8. The van der Waals surface area contributed by atoms with E-state index in [0.29, 0.717) is 6.54 Å². The topological polar surface area (TPSA) is 8.17 Å². The summed E-state index contributed by atoms with van der Waals surface area (Å²) < 4.78 is 16.7. The minimum Gasteiger partial charge on any atom is -0.346 e. The average molecular weight is 405 g/mol. The van der Waals surface area contributed by atoms with Gasteiger partial charge in [0.15, 0.2) is 0 Å². The Morgan fingerprint density at radius 2 is 1.67 bits per heavy atom. The summed E-state index contributed by atoms with van der Waals surface area (Å²) in [4.78, 5) is 2.45. The van der Waals surface area contributed by atoms with E-state index in [1.165, 1.54) is 48.9 Å². The highest BCUT2D eigenvalue weighted by molar-refractivity contribution is 5.23. The molecule has 1 aliphatic carbocycles. The number of aryl methyl sites for hydroxylation is 1. The van der Waals surface area contributed by atoms with E-state index < -0.39 is 0 Å². The number of hydrogen-bond acceptors (Lipinski definition) is 1. The quantitative estimate of drug-likeness (QED) is 0.412. The Morgan fingerprint density at radius 1 is 0.900 bits per heavy atom. The van der Waals surface area contributed by atoms with Gasteiger partial charge in [0, 0.05) is 43.6 Å². The molecule has 3 aromatic rings. The maximum absolute atomic E-state index is 14.4. The first-order valence-corrected chi connectivity index (χ1v) is 11.3. The van der Waals surface area contributed by atoms with Crippen molar-refractivity contribution in [3.8, 4) is 0 Å². The fraction of sp³-hybridized carbons (Fsp3) is 0.407. The van der Waals surface area contributed by atoms with Crippen molar-refractivity contribution in [1.29, 1.82) is 0 Å². The number of nitrogens with zero attached hydrogens (tertiary/aromatic N) is 2. The lowest BCUT2D eigenvalue weighted by Gasteiger charge is -2.30. The Balaban J connectivity index is 1.50. The van der Waals surface area contributed by atoms with Crippen LogP contribution in [-0.2, 0) is 19.6 Å². The summed E-state index contributed by atoms with van der Waals surface area (Å²) in [6.45, 7) is 5.56. The molecule has 1 fully saturated rings. The molecule has 0 unspecified atom stereocenters. The lowest BCUT2D eigenvalue weighted by molar-refractivity contribution is 0.181. The summed E-state index contributed by atoms with van der Waals surface area (Å²) in [5, 5.41) is 0. The van der Waals surface area contributed by atoms with E-state index in [2.05, 4.69) is 59.0 Å². The SMILES string of the molecule is Cc1ccc(Cn2cccc2CN(Cc2ccccc2F)CC2CCCCC2)cc1. The summed E-state index contributed by atoms with van der Waals surface area (Å²) in [7, 11) is 0. The maximum atomic E-state index is 14.4. The van der Waals surface area contributed by atoms with Gasteiger partial charge in [0.25, 0.3) is 0 Å². The minimum absolute atomic E-state index is 0.0961. The van der Waals surface area contributed by atoms with Gasteiger partial charge in [0.1, 0.15) is 5.82 Å². The second kappa shape index (κ2) is 10.1. The van der Waals surface area contributed by atoms with Crippen LogP contribution in [0.3, 0.4) is 0 Å². The Kier molecular flexibility index (Phi) is 7.01. The fourth-order valence-electron chi connectivity index (χ4n) is 4.65. The minimum atomic E-state index is -0.0961. The van der Waals surface area contributed by atoms with Crippen LogP contribution in [0.4, 0.5) is 4.39 Å². The third-order valence-corrected chi connectivity index (χ3v) is 6.38. The third kappa shape index (κ3) is 5.60. The van der Waals surface area contributed by atoms with E-state index in [-0.39, 0.29) is 5.82 Å². The number of aromatic nitrogens is 1. The highest BCUT2D eigenvalue weighted by Crippen LogP contribution is 2.26. The van der Waals surface area contributed by atoms with Crippen molar-refractivity contribution in [3.05, 3.63) is 95.1 Å². The summed E-state index contributed by atoms with van der Waals surface area (Å²) in [6.07, 6.45) is 8.81. The van der Waals surface area contributed by atoms with Crippen molar-refractivity contribution >= 4 is 0 Å². The van der Waals surface area contributed by atoms with Gasteiger partial charge in [0.2, 0.25) is 0 Å². The van der Waals surface area contributed by atoms with Gasteiger partial charge in [-0.15, -0.1) is 0 Å². The Morgan fingerprint density at radius 3 is 2.43 bits per heavy atom. The highest BCUT2D eigenvalue weighted by Gasteiger charge is 2.19. The van der Waals surface area contributed by atoms with Gasteiger partial charge in [-0.3, -0.25) is 4.90 Å². The van der Waals surface area contributed by atoms with Crippen LogP contribution >= 0.6 is 0 Å². The van der Waals surface area contributed by atoms with Crippen LogP contribution in [0.2, 0.25) is 0 Å². The number of halogens is 1. The van der Waals surface area contributed by atoms with Gasteiger partial charge in [-0.25, -0.2) is 4.39 Å². The molecular formula is C27H33FN2. The van der Waals surface area contributed by atoms with E-state index in [4.69, 9.17) is 0 Å². The molecular weight excluding hydrogens is 371 g/mol. The molecule has 3 heteroatoms. The van der Waals surface area contributed by atoms with Crippen LogP contribution in [0.5, 0.6) is 0 Å². The van der Waals surface area contributed by atoms with Crippen LogP contribution in [-0.4, -0.2) is 16.0 Å². The van der Waals surface area contributed by atoms with Gasteiger partial charge < -0.3 is 4.57 Å². The molecule has 1 aliphatic rings. The molecule has 0 amide bonds. The predicted molar refractivity (Wildman–Crippen MR) is 122 cm³/mol. The van der Waals surface area contributed by atoms with Crippen molar-refractivity contribution in [2.45, 2.75) is 58.7 Å². The van der Waals surface area contributed by atoms with E-state index in [9.17, 15) is 4.39 Å². The smallest absolute Gasteiger partial charge is 0.127 e. The molecule has 0 radical (unpaired) electrons. The van der Waals surface area contributed by atoms with E-state index in [1.54, 1.807) is 12.1 Å². The normalized spacial score (nSPS) is 15.0. The molecule has 0 atom stereocenters. The molecule has 0 bridgehead atoms. The van der Waals surface area contributed by atoms with Crippen LogP contribution in [0.25, 0.3) is 0 Å². The second-order valence-corrected chi connectivity index (χ2v) is 8.88. The molecule has 4 rings (SSSR count). The summed E-state index contributed by atoms with van der Waals surface area (Å²) >= 11 is 0. The molecule has 0 aliphatic heterocycles. The van der Waals surface area contributed by atoms with Gasteiger partial charge in [-0.1, -0.05) is 67.3 Å². The van der Waals surface area contributed by atoms with E-state index in [1.807, 2.05) is 12.1 Å². The zero-order chi connectivity index (χ0) is 20.8. The van der Waals surface area contributed by atoms with Crippen molar-refractivity contribution in [2.24, 2.45) is 5.92 Å². The fourth-order valence-corrected chi connectivity index (χ4v) is 4.65. The Hall–Kier alpha value is -2.39. The first-order chi connectivity index (χ1) is 14.7. The molecule has 1 heterocycles. The van der Waals surface area contributed by atoms with Gasteiger partial charge in [-0.05, 0) is 49.4 Å². The van der Waals surface area contributed by atoms with Gasteiger partial charge >= 0.3 is 0 Å². The van der Waals surface area contributed by atoms with Gasteiger partial charge in [0.05, 0.1) is 0 Å². The van der Waals surface area contributed by atoms with Gasteiger partial charge in [-0.2, -0.15) is 0 Å². The molecule has 158 valence electrons. The van der Waals surface area contributed by atoms with Crippen molar-refractivity contribution in [2.75, 3.05) is 6.54 Å². The Bertz CT molecular complexity index is 922. The molecule has 30 heavy (non-hydrogen) atoms. The Labute approximate surface area is 180 Å². The molecule has 1 aromatic heterocycles. The van der Waals surface area contributed by atoms with E-state index >= 15 is 0 Å². The largest absolute Gasteiger partial charge is 0.346 e. The summed E-state index contributed by atoms with van der Waals surface area (Å²) in [5.41, 5.74) is 4.69. The van der Waals surface area contributed by atoms with Crippen LogP contribution in [0.15, 0.2) is 66.9 Å². The van der Waals surface area contributed by atoms with Crippen molar-refractivity contribution in [3.63, 3.8) is 0 Å². The zero-order valence-corrected chi connectivity index (χ0v) is 18.1. The highest BCUT2D eigenvalue weighted by atomic mass is 19.1. The molecule has 2 aromatic carbocycles. The second-order valence-electron chi connectivity index (χ2n) is 8.88. The van der Waals surface area contributed by atoms with Crippen LogP contribution in [0, 0.1) is 18.7 Å². The standard InChI is InChI=1S/C27H33FN2/c1-22-13-15-24(16-14-22)19-30-17-7-11-26(30)21-29(18-23-8-3-2-4-9-23)20-25-10-5-6-12-27(25)28/h5-7,10-17,23H,2-4,8-9,18-21H2,1H3. The van der Waals surface area contributed by atoms with E-state index in [0.717, 1.165) is 31.1 Å². The lowest BCUT2D eigenvalue weighted by atomic mass is 9.89. The number of benzene rings is 2. The molecule has 0 N–H and O–H groups in total. The molecule has 2 nitrogen and oxygen atoms in total. The summed E-state index contributed by atoms with van der Waals surface area (Å²) in [6, 6.07) is 20.3. The molecule has 1 saturated carbocycles. The van der Waals surface area contributed by atoms with Crippen LogP contribution < -0.4 is 0 Å². The van der Waals surface area contributed by atoms with Crippen molar-refractivity contribution in [1.82, 2.24) is 9.47 Å². The van der Waals surface area contributed by atoms with Crippen LogP contribution in [0.1, 0.15) is 54.5 Å². The molecule has 0 spiro atoms.